The SMILES string of the molecule is Nc1cc2onc(N)n2c1N. The lowest BCUT2D eigenvalue weighted by Gasteiger charge is -1.91. The van der Waals surface area contributed by atoms with Crippen LogP contribution in [0.5, 0.6) is 0 Å². The van der Waals surface area contributed by atoms with Crippen molar-refractivity contribution in [3.8, 4) is 0 Å². The molecule has 2 aromatic rings. The highest BCUT2D eigenvalue weighted by Gasteiger charge is 2.10. The van der Waals surface area contributed by atoms with Gasteiger partial charge in [-0.1, -0.05) is 0 Å². The number of hydrogen-bond acceptors (Lipinski definition) is 5. The fourth-order valence-corrected chi connectivity index (χ4v) is 0.957. The summed E-state index contributed by atoms with van der Waals surface area (Å²) in [6.07, 6.45) is 0. The molecule has 0 radical (unpaired) electrons. The molecule has 6 nitrogen and oxygen atoms in total. The third kappa shape index (κ3) is 0.575. The van der Waals surface area contributed by atoms with Crippen LogP contribution in [0.1, 0.15) is 0 Å². The van der Waals surface area contributed by atoms with E-state index in [-0.39, 0.29) is 5.95 Å². The molecule has 0 spiro atoms. The molecule has 6 N–H and O–H groups in total. The Morgan fingerprint density at radius 2 is 2.09 bits per heavy atom. The highest BCUT2D eigenvalue weighted by atomic mass is 16.5. The quantitative estimate of drug-likeness (QED) is 0.480. The Morgan fingerprint density at radius 1 is 1.36 bits per heavy atom. The van der Waals surface area contributed by atoms with Gasteiger partial charge in [-0.05, 0) is 5.16 Å². The van der Waals surface area contributed by atoms with Gasteiger partial charge >= 0.3 is 0 Å². The van der Waals surface area contributed by atoms with Gasteiger partial charge in [0.05, 0.1) is 5.69 Å². The monoisotopic (exact) mass is 153 g/mol. The molecule has 0 aliphatic heterocycles. The van der Waals surface area contributed by atoms with Crippen LogP contribution >= 0.6 is 0 Å². The van der Waals surface area contributed by atoms with Crippen LogP contribution in [0.3, 0.4) is 0 Å². The van der Waals surface area contributed by atoms with Gasteiger partial charge in [0.25, 0.3) is 0 Å². The minimum atomic E-state index is 0.203. The number of anilines is 3. The first kappa shape index (κ1) is 5.90. The molecule has 2 heterocycles. The van der Waals surface area contributed by atoms with Crippen molar-refractivity contribution in [1.82, 2.24) is 9.56 Å². The van der Waals surface area contributed by atoms with Crippen LogP contribution in [0, 0.1) is 0 Å². The second-order valence-electron chi connectivity index (χ2n) is 2.20. The normalized spacial score (nSPS) is 10.9. The van der Waals surface area contributed by atoms with E-state index in [2.05, 4.69) is 5.16 Å². The lowest BCUT2D eigenvalue weighted by Crippen LogP contribution is -1.99. The van der Waals surface area contributed by atoms with Crippen LogP contribution in [-0.2, 0) is 0 Å². The number of aromatic nitrogens is 2. The topological polar surface area (TPSA) is 108 Å². The summed E-state index contributed by atoms with van der Waals surface area (Å²) in [5.41, 5.74) is 17.3. The van der Waals surface area contributed by atoms with Gasteiger partial charge in [0.2, 0.25) is 11.7 Å². The Kier molecular flexibility index (Phi) is 0.857. The lowest BCUT2D eigenvalue weighted by molar-refractivity contribution is 0.459. The molecule has 0 saturated carbocycles. The third-order valence-corrected chi connectivity index (χ3v) is 1.50. The number of rotatable bonds is 0. The molecular formula is C5H7N5O. The fourth-order valence-electron chi connectivity index (χ4n) is 0.957. The van der Waals surface area contributed by atoms with E-state index in [4.69, 9.17) is 21.7 Å². The highest BCUT2D eigenvalue weighted by molar-refractivity contribution is 5.70. The van der Waals surface area contributed by atoms with Crippen molar-refractivity contribution in [3.05, 3.63) is 6.07 Å². The van der Waals surface area contributed by atoms with Gasteiger partial charge < -0.3 is 21.7 Å². The third-order valence-electron chi connectivity index (χ3n) is 1.50. The maximum absolute atomic E-state index is 5.54. The maximum Gasteiger partial charge on any atom is 0.246 e. The summed E-state index contributed by atoms with van der Waals surface area (Å²) in [6, 6.07) is 1.57. The summed E-state index contributed by atoms with van der Waals surface area (Å²) < 4.78 is 6.22. The van der Waals surface area contributed by atoms with Gasteiger partial charge in [-0.2, -0.15) is 0 Å². The van der Waals surface area contributed by atoms with E-state index in [1.54, 1.807) is 6.07 Å². The van der Waals surface area contributed by atoms with Crippen molar-refractivity contribution in [2.75, 3.05) is 17.2 Å². The summed E-state index contributed by atoms with van der Waals surface area (Å²) >= 11 is 0. The Morgan fingerprint density at radius 3 is 2.73 bits per heavy atom. The molecule has 0 bridgehead atoms. The van der Waals surface area contributed by atoms with Crippen molar-refractivity contribution in [2.24, 2.45) is 0 Å². The van der Waals surface area contributed by atoms with E-state index in [9.17, 15) is 0 Å². The van der Waals surface area contributed by atoms with E-state index >= 15 is 0 Å². The molecule has 0 aromatic carbocycles. The van der Waals surface area contributed by atoms with Crippen molar-refractivity contribution in [3.63, 3.8) is 0 Å². The fraction of sp³-hybridized carbons (Fsp3) is 0. The Labute approximate surface area is 61.5 Å². The second kappa shape index (κ2) is 1.60. The average Bonchev–Trinajstić information content (AvgIpc) is 2.41. The van der Waals surface area contributed by atoms with Crippen LogP contribution < -0.4 is 17.2 Å². The van der Waals surface area contributed by atoms with E-state index < -0.39 is 0 Å². The summed E-state index contributed by atoms with van der Waals surface area (Å²) in [4.78, 5) is 0. The number of hydrogen-bond donors (Lipinski definition) is 3. The van der Waals surface area contributed by atoms with Gasteiger partial charge in [0.15, 0.2) is 0 Å². The average molecular weight is 153 g/mol. The van der Waals surface area contributed by atoms with Crippen LogP contribution in [0.2, 0.25) is 0 Å². The number of nitrogens with zero attached hydrogens (tertiary/aromatic N) is 2. The Bertz CT molecular complexity index is 400. The molecule has 0 aliphatic rings. The van der Waals surface area contributed by atoms with Gasteiger partial charge in [-0.25, -0.2) is 4.40 Å². The number of fused-ring (bicyclic) bond motifs is 1. The van der Waals surface area contributed by atoms with Gasteiger partial charge in [-0.15, -0.1) is 0 Å². The minimum Gasteiger partial charge on any atom is -0.396 e. The number of nitrogen functional groups attached to an aromatic ring is 3. The van der Waals surface area contributed by atoms with Gasteiger partial charge in [-0.3, -0.25) is 0 Å². The first-order valence-electron chi connectivity index (χ1n) is 2.97. The van der Waals surface area contributed by atoms with E-state index in [1.807, 2.05) is 0 Å². The Balaban J connectivity index is 2.95. The molecule has 58 valence electrons. The molecule has 0 aliphatic carbocycles. The van der Waals surface area contributed by atoms with Crippen molar-refractivity contribution < 1.29 is 4.52 Å². The van der Waals surface area contributed by atoms with Gasteiger partial charge in [0.1, 0.15) is 5.82 Å². The molecule has 0 fully saturated rings. The zero-order valence-electron chi connectivity index (χ0n) is 5.61. The van der Waals surface area contributed by atoms with Crippen LogP contribution in [0.15, 0.2) is 10.6 Å². The minimum absolute atomic E-state index is 0.203. The molecule has 0 atom stereocenters. The summed E-state index contributed by atoms with van der Waals surface area (Å²) in [5.74, 6) is 0.563. The second-order valence-corrected chi connectivity index (χ2v) is 2.20. The first-order valence-corrected chi connectivity index (χ1v) is 2.97. The van der Waals surface area contributed by atoms with E-state index in [0.717, 1.165) is 0 Å². The summed E-state index contributed by atoms with van der Waals surface area (Å²) in [6.45, 7) is 0. The van der Waals surface area contributed by atoms with Crippen molar-refractivity contribution >= 4 is 23.2 Å². The molecule has 0 saturated heterocycles. The molecule has 0 unspecified atom stereocenters. The number of nitrogens with two attached hydrogens (primary N) is 3. The predicted molar refractivity (Wildman–Crippen MR) is 40.7 cm³/mol. The van der Waals surface area contributed by atoms with Gasteiger partial charge in [0, 0.05) is 6.07 Å². The molecule has 11 heavy (non-hydrogen) atoms. The van der Waals surface area contributed by atoms with E-state index in [0.29, 0.717) is 17.2 Å². The standard InChI is InChI=1S/C5H7N5O/c6-2-1-3-10(4(2)7)5(8)9-11-3/h1H,6-7H2,(H2,8,9). The molecule has 2 rings (SSSR count). The first-order chi connectivity index (χ1) is 5.20. The van der Waals surface area contributed by atoms with Crippen LogP contribution in [0.25, 0.3) is 5.71 Å². The summed E-state index contributed by atoms with van der Waals surface area (Å²) in [5, 5.41) is 3.49. The van der Waals surface area contributed by atoms with E-state index in [1.165, 1.54) is 4.40 Å². The lowest BCUT2D eigenvalue weighted by atomic mass is 10.5. The van der Waals surface area contributed by atoms with Crippen LogP contribution in [-0.4, -0.2) is 9.56 Å². The predicted octanol–water partition coefficient (Wildman–Crippen LogP) is -0.326. The zero-order chi connectivity index (χ0) is 8.01. The maximum atomic E-state index is 5.54. The Hall–Kier alpha value is -1.85. The van der Waals surface area contributed by atoms with Crippen molar-refractivity contribution in [1.29, 1.82) is 0 Å². The smallest absolute Gasteiger partial charge is 0.246 e. The highest BCUT2D eigenvalue weighted by Crippen LogP contribution is 2.23. The largest absolute Gasteiger partial charge is 0.396 e. The van der Waals surface area contributed by atoms with Crippen molar-refractivity contribution in [2.45, 2.75) is 0 Å². The molecule has 0 amide bonds. The summed E-state index contributed by atoms with van der Waals surface area (Å²) in [7, 11) is 0. The molecular weight excluding hydrogens is 146 g/mol. The zero-order valence-corrected chi connectivity index (χ0v) is 5.61. The van der Waals surface area contributed by atoms with Crippen LogP contribution in [0.4, 0.5) is 17.5 Å². The molecule has 6 heteroatoms. The molecule has 2 aromatic heterocycles.